The SMILES string of the molecule is COc1cc(N2CCC(N3CCN(CCCCCCCCC#Cc4cccc5c4CN(C4CCC(=O)NC4=O)C5=O)CC3)CC2)ccc1Nc1ncc(Cl)c(Nc2ccccc2P(C)(C)=O)n1. The summed E-state index contributed by atoms with van der Waals surface area (Å²) in [5.74, 6) is 7.25. The highest BCUT2D eigenvalue weighted by atomic mass is 35.5. The Labute approximate surface area is 399 Å². The molecule has 8 rings (SSSR count). The molecule has 3 saturated heterocycles. The molecule has 3 amide bonds. The van der Waals surface area contributed by atoms with Crippen LogP contribution in [0.1, 0.15) is 92.1 Å². The highest BCUT2D eigenvalue weighted by molar-refractivity contribution is 7.70. The third-order valence-corrected chi connectivity index (χ3v) is 15.3. The second-order valence-electron chi connectivity index (χ2n) is 18.4. The van der Waals surface area contributed by atoms with Crippen LogP contribution in [0.15, 0.2) is 66.9 Å². The van der Waals surface area contributed by atoms with Gasteiger partial charge in [0.15, 0.2) is 5.82 Å². The van der Waals surface area contributed by atoms with Gasteiger partial charge in [0.1, 0.15) is 24.0 Å². The number of methoxy groups -OCH3 is 1. The average molecular weight is 949 g/mol. The molecule has 4 aromatic rings. The van der Waals surface area contributed by atoms with Crippen LogP contribution in [0.25, 0.3) is 0 Å². The van der Waals surface area contributed by atoms with Crippen LogP contribution in [-0.2, 0) is 20.7 Å². The lowest BCUT2D eigenvalue weighted by atomic mass is 10.0. The van der Waals surface area contributed by atoms with Gasteiger partial charge in [0.05, 0.1) is 24.7 Å². The molecule has 354 valence electrons. The molecular weight excluding hydrogens is 885 g/mol. The number of hydrogen-bond donors (Lipinski definition) is 3. The number of rotatable bonds is 17. The molecule has 0 bridgehead atoms. The molecule has 14 nitrogen and oxygen atoms in total. The Morgan fingerprint density at radius 2 is 1.63 bits per heavy atom. The van der Waals surface area contributed by atoms with E-state index in [9.17, 15) is 18.9 Å². The van der Waals surface area contributed by atoms with Crippen LogP contribution in [0.2, 0.25) is 5.02 Å². The lowest BCUT2D eigenvalue weighted by Crippen LogP contribution is -2.53. The fourth-order valence-corrected chi connectivity index (χ4v) is 11.0. The zero-order chi connectivity index (χ0) is 46.9. The highest BCUT2D eigenvalue weighted by Gasteiger charge is 2.39. The van der Waals surface area contributed by atoms with Gasteiger partial charge in [-0.3, -0.25) is 24.6 Å². The first-order chi connectivity index (χ1) is 32.4. The Morgan fingerprint density at radius 1 is 0.866 bits per heavy atom. The van der Waals surface area contributed by atoms with Crippen molar-refractivity contribution >= 4 is 70.6 Å². The van der Waals surface area contributed by atoms with Gasteiger partial charge in [-0.15, -0.1) is 0 Å². The maximum absolute atomic E-state index is 13.1. The number of halogens is 1. The number of piperazine rings is 1. The van der Waals surface area contributed by atoms with Gasteiger partial charge in [-0.25, -0.2) is 4.98 Å². The van der Waals surface area contributed by atoms with Crippen molar-refractivity contribution in [1.82, 2.24) is 30.0 Å². The van der Waals surface area contributed by atoms with E-state index in [1.54, 1.807) is 37.6 Å². The molecule has 1 atom stereocenters. The van der Waals surface area contributed by atoms with Crippen molar-refractivity contribution in [2.75, 3.05) is 81.8 Å². The summed E-state index contributed by atoms with van der Waals surface area (Å²) >= 11 is 6.50. The van der Waals surface area contributed by atoms with Crippen molar-refractivity contribution in [3.8, 4) is 17.6 Å². The van der Waals surface area contributed by atoms with Gasteiger partial charge in [0.2, 0.25) is 17.8 Å². The van der Waals surface area contributed by atoms with Gasteiger partial charge in [-0.2, -0.15) is 4.98 Å². The molecule has 3 aromatic carbocycles. The van der Waals surface area contributed by atoms with Crippen molar-refractivity contribution in [3.63, 3.8) is 0 Å². The molecular formula is C51H63ClN9O5P. The van der Waals surface area contributed by atoms with E-state index < -0.39 is 19.1 Å². The van der Waals surface area contributed by atoms with E-state index in [0.29, 0.717) is 52.8 Å². The zero-order valence-electron chi connectivity index (χ0n) is 39.0. The normalized spacial score (nSPS) is 18.3. The summed E-state index contributed by atoms with van der Waals surface area (Å²) in [6.07, 6.45) is 12.4. The largest absolute Gasteiger partial charge is 0.494 e. The quantitative estimate of drug-likeness (QED) is 0.0407. The minimum absolute atomic E-state index is 0.163. The first kappa shape index (κ1) is 48.0. The van der Waals surface area contributed by atoms with E-state index in [4.69, 9.17) is 16.3 Å². The van der Waals surface area contributed by atoms with Crippen LogP contribution in [0.5, 0.6) is 5.75 Å². The predicted molar refractivity (Wildman–Crippen MR) is 267 cm³/mol. The van der Waals surface area contributed by atoms with Crippen LogP contribution in [0.4, 0.5) is 28.8 Å². The number of benzene rings is 3. The Morgan fingerprint density at radius 3 is 2.39 bits per heavy atom. The van der Waals surface area contributed by atoms with Crippen LogP contribution in [0.3, 0.4) is 0 Å². The molecule has 1 aromatic heterocycles. The van der Waals surface area contributed by atoms with E-state index in [1.807, 2.05) is 42.5 Å². The number of anilines is 5. The van der Waals surface area contributed by atoms with Crippen molar-refractivity contribution in [3.05, 3.63) is 88.6 Å². The smallest absolute Gasteiger partial charge is 0.255 e. The van der Waals surface area contributed by atoms with Gasteiger partial charge in [0.25, 0.3) is 5.91 Å². The lowest BCUT2D eigenvalue weighted by Gasteiger charge is -2.43. The third kappa shape index (κ3) is 12.0. The van der Waals surface area contributed by atoms with E-state index in [2.05, 4.69) is 64.6 Å². The number of piperidine rings is 2. The van der Waals surface area contributed by atoms with Gasteiger partial charge in [-0.1, -0.05) is 67.3 Å². The third-order valence-electron chi connectivity index (χ3n) is 13.5. The van der Waals surface area contributed by atoms with Crippen molar-refractivity contribution in [2.45, 2.75) is 89.3 Å². The van der Waals surface area contributed by atoms with Gasteiger partial charge in [0, 0.05) is 92.9 Å². The molecule has 0 radical (unpaired) electrons. The summed E-state index contributed by atoms with van der Waals surface area (Å²) in [6, 6.07) is 19.3. The number of ether oxygens (including phenoxy) is 1. The maximum atomic E-state index is 13.1. The van der Waals surface area contributed by atoms with E-state index in [1.165, 1.54) is 32.2 Å². The van der Waals surface area contributed by atoms with Gasteiger partial charge >= 0.3 is 0 Å². The molecule has 0 spiro atoms. The number of imide groups is 1. The first-order valence-corrected chi connectivity index (χ1v) is 26.8. The topological polar surface area (TPSA) is 152 Å². The summed E-state index contributed by atoms with van der Waals surface area (Å²) in [6.45, 7) is 11.5. The maximum Gasteiger partial charge on any atom is 0.255 e. The first-order valence-electron chi connectivity index (χ1n) is 23.8. The van der Waals surface area contributed by atoms with Gasteiger partial charge in [-0.05, 0) is 93.9 Å². The van der Waals surface area contributed by atoms with Crippen molar-refractivity contribution in [1.29, 1.82) is 0 Å². The van der Waals surface area contributed by atoms with Crippen LogP contribution >= 0.6 is 18.7 Å². The van der Waals surface area contributed by atoms with E-state index in [0.717, 1.165) is 99.2 Å². The minimum atomic E-state index is -2.54. The number of nitrogens with zero attached hydrogens (tertiary/aromatic N) is 6. The summed E-state index contributed by atoms with van der Waals surface area (Å²) < 4.78 is 18.8. The summed E-state index contributed by atoms with van der Waals surface area (Å²) in [4.78, 5) is 55.6. The molecule has 0 aliphatic carbocycles. The fourth-order valence-electron chi connectivity index (χ4n) is 9.75. The number of para-hydroxylation sites is 1. The second kappa shape index (κ2) is 22.1. The Bertz CT molecular complexity index is 2540. The summed E-state index contributed by atoms with van der Waals surface area (Å²) in [5, 5.41) is 10.0. The number of unbranched alkanes of at least 4 members (excludes halogenated alkanes) is 6. The summed E-state index contributed by atoms with van der Waals surface area (Å²) in [7, 11) is -0.870. The molecule has 16 heteroatoms. The predicted octanol–water partition coefficient (Wildman–Crippen LogP) is 8.00. The van der Waals surface area contributed by atoms with Crippen LogP contribution < -0.4 is 30.9 Å². The second-order valence-corrected chi connectivity index (χ2v) is 22.0. The molecule has 0 saturated carbocycles. The molecule has 4 aliphatic heterocycles. The van der Waals surface area contributed by atoms with E-state index in [-0.39, 0.29) is 18.2 Å². The number of hydrogen-bond acceptors (Lipinski definition) is 12. The molecule has 3 N–H and O–H groups in total. The van der Waals surface area contributed by atoms with Crippen LogP contribution in [-0.4, -0.2) is 121 Å². The Kier molecular flexibility index (Phi) is 15.8. The number of amides is 3. The number of fused-ring (bicyclic) bond motifs is 1. The molecule has 67 heavy (non-hydrogen) atoms. The van der Waals surface area contributed by atoms with Crippen molar-refractivity contribution < 1.29 is 23.7 Å². The monoisotopic (exact) mass is 947 g/mol. The number of carbonyl (C=O) groups is 3. The highest BCUT2D eigenvalue weighted by Crippen LogP contribution is 2.39. The zero-order valence-corrected chi connectivity index (χ0v) is 40.6. The Balaban J connectivity index is 0.705. The average Bonchev–Trinajstić information content (AvgIpc) is 3.66. The van der Waals surface area contributed by atoms with E-state index >= 15 is 0 Å². The molecule has 3 fully saturated rings. The van der Waals surface area contributed by atoms with Gasteiger partial charge < -0.3 is 34.6 Å². The number of carbonyl (C=O) groups excluding carboxylic acids is 3. The molecule has 4 aliphatic rings. The molecule has 5 heterocycles. The Hall–Kier alpha value is -5.45. The number of nitrogens with one attached hydrogen (secondary N) is 3. The standard InChI is InChI=1S/C51H63ClN9O5P/c1-66-45-33-38(20-21-42(45)55-51-53-34-41(52)48(57-51)54-43-18-11-12-19-46(43)67(2,3)65)59-27-24-37(25-28-59)60-31-29-58(30-32-60)26-13-9-7-5-4-6-8-10-15-36-16-14-17-39-40(36)35-61(50(39)64)44-22-23-47(62)56-49(44)63/h11-12,14,16-21,33-34,37,44H,4-9,13,22-32,35H2,1-3H3,(H,56,62,63)(H2,53,54,55,57). The fraction of sp³-hybridized carbons (Fsp3) is 0.471. The lowest BCUT2D eigenvalue weighted by molar-refractivity contribution is -0.136. The minimum Gasteiger partial charge on any atom is -0.494 e. The van der Waals surface area contributed by atoms with Crippen LogP contribution in [0, 0.1) is 11.8 Å². The van der Waals surface area contributed by atoms with Crippen molar-refractivity contribution in [2.24, 2.45) is 0 Å². The number of aromatic nitrogens is 2. The summed E-state index contributed by atoms with van der Waals surface area (Å²) in [5.41, 5.74) is 4.91. The molecule has 1 unspecified atom stereocenters.